The smallest absolute Gasteiger partial charge is 0.0839 e. The SMILES string of the molecule is Clc1ccc(CSc2cn(C(c3ccccc3)c3ccccc3)c3ccccc23)cc1. The predicted octanol–water partition coefficient (Wildman–Crippen LogP) is 8.22. The van der Waals surface area contributed by atoms with Gasteiger partial charge in [0.25, 0.3) is 0 Å². The number of hydrogen-bond acceptors (Lipinski definition) is 1. The Morgan fingerprint density at radius 1 is 0.677 bits per heavy atom. The van der Waals surface area contributed by atoms with E-state index in [9.17, 15) is 0 Å². The van der Waals surface area contributed by atoms with Gasteiger partial charge < -0.3 is 4.57 Å². The molecule has 0 aliphatic carbocycles. The third kappa shape index (κ3) is 4.27. The average Bonchev–Trinajstić information content (AvgIpc) is 3.19. The topological polar surface area (TPSA) is 4.93 Å². The molecule has 1 nitrogen and oxygen atoms in total. The van der Waals surface area contributed by atoms with Crippen molar-refractivity contribution in [3.8, 4) is 0 Å². The summed E-state index contributed by atoms with van der Waals surface area (Å²) in [6.45, 7) is 0. The first kappa shape index (κ1) is 20.0. The number of benzene rings is 4. The van der Waals surface area contributed by atoms with Gasteiger partial charge in [-0.3, -0.25) is 0 Å². The monoisotopic (exact) mass is 439 g/mol. The molecule has 0 fully saturated rings. The zero-order valence-corrected chi connectivity index (χ0v) is 18.6. The van der Waals surface area contributed by atoms with Gasteiger partial charge in [-0.2, -0.15) is 0 Å². The Balaban J connectivity index is 1.59. The van der Waals surface area contributed by atoms with E-state index >= 15 is 0 Å². The van der Waals surface area contributed by atoms with E-state index in [0.717, 1.165) is 10.8 Å². The van der Waals surface area contributed by atoms with Crippen LogP contribution in [0.3, 0.4) is 0 Å². The van der Waals surface area contributed by atoms with E-state index in [1.807, 2.05) is 23.9 Å². The number of thioether (sulfide) groups is 1. The van der Waals surface area contributed by atoms with Gasteiger partial charge in [-0.15, -0.1) is 11.8 Å². The molecule has 5 aromatic rings. The largest absolute Gasteiger partial charge is 0.335 e. The van der Waals surface area contributed by atoms with Crippen LogP contribution in [0.4, 0.5) is 0 Å². The van der Waals surface area contributed by atoms with Gasteiger partial charge in [0, 0.05) is 27.3 Å². The highest BCUT2D eigenvalue weighted by molar-refractivity contribution is 7.98. The van der Waals surface area contributed by atoms with Gasteiger partial charge in [0.05, 0.1) is 11.6 Å². The molecule has 5 rings (SSSR count). The summed E-state index contributed by atoms with van der Waals surface area (Å²) >= 11 is 7.92. The number of fused-ring (bicyclic) bond motifs is 1. The molecule has 0 N–H and O–H groups in total. The van der Waals surface area contributed by atoms with Crippen molar-refractivity contribution < 1.29 is 0 Å². The lowest BCUT2D eigenvalue weighted by Crippen LogP contribution is -2.11. The number of nitrogens with zero attached hydrogens (tertiary/aromatic N) is 1. The van der Waals surface area contributed by atoms with Crippen LogP contribution in [0.2, 0.25) is 5.02 Å². The van der Waals surface area contributed by atoms with Crippen molar-refractivity contribution in [1.29, 1.82) is 0 Å². The Labute approximate surface area is 192 Å². The second-order valence-electron chi connectivity index (χ2n) is 7.56. The van der Waals surface area contributed by atoms with Crippen LogP contribution in [-0.4, -0.2) is 4.57 Å². The highest BCUT2D eigenvalue weighted by Gasteiger charge is 2.20. The molecule has 152 valence electrons. The molecular weight excluding hydrogens is 418 g/mol. The Morgan fingerprint density at radius 2 is 1.26 bits per heavy atom. The Morgan fingerprint density at radius 3 is 1.90 bits per heavy atom. The summed E-state index contributed by atoms with van der Waals surface area (Å²) in [5, 5.41) is 2.07. The predicted molar refractivity (Wildman–Crippen MR) is 133 cm³/mol. The highest BCUT2D eigenvalue weighted by atomic mass is 35.5. The minimum absolute atomic E-state index is 0.122. The zero-order valence-electron chi connectivity index (χ0n) is 17.0. The second kappa shape index (κ2) is 9.05. The lowest BCUT2D eigenvalue weighted by Gasteiger charge is -2.21. The van der Waals surface area contributed by atoms with Crippen LogP contribution >= 0.6 is 23.4 Å². The van der Waals surface area contributed by atoms with Gasteiger partial charge in [-0.25, -0.2) is 0 Å². The first-order chi connectivity index (χ1) is 15.3. The summed E-state index contributed by atoms with van der Waals surface area (Å²) in [6.07, 6.45) is 2.32. The van der Waals surface area contributed by atoms with Gasteiger partial charge >= 0.3 is 0 Å². The lowest BCUT2D eigenvalue weighted by atomic mass is 9.98. The maximum absolute atomic E-state index is 6.05. The van der Waals surface area contributed by atoms with Crippen molar-refractivity contribution in [1.82, 2.24) is 4.57 Å². The number of aromatic nitrogens is 1. The fourth-order valence-electron chi connectivity index (χ4n) is 4.03. The molecule has 0 aliphatic heterocycles. The number of para-hydroxylation sites is 1. The fourth-order valence-corrected chi connectivity index (χ4v) is 5.18. The molecule has 0 atom stereocenters. The average molecular weight is 440 g/mol. The molecule has 0 unspecified atom stereocenters. The minimum Gasteiger partial charge on any atom is -0.335 e. The fraction of sp³-hybridized carbons (Fsp3) is 0.0714. The normalized spacial score (nSPS) is 11.3. The first-order valence-electron chi connectivity index (χ1n) is 10.4. The molecule has 1 heterocycles. The molecule has 0 aliphatic rings. The van der Waals surface area contributed by atoms with Crippen molar-refractivity contribution in [2.24, 2.45) is 0 Å². The summed E-state index contributed by atoms with van der Waals surface area (Å²) in [5.41, 5.74) is 5.08. The summed E-state index contributed by atoms with van der Waals surface area (Å²) in [7, 11) is 0. The van der Waals surface area contributed by atoms with Crippen LogP contribution in [0.1, 0.15) is 22.7 Å². The summed E-state index contributed by atoms with van der Waals surface area (Å²) in [5.74, 6) is 0.909. The van der Waals surface area contributed by atoms with Gasteiger partial charge in [-0.05, 0) is 34.9 Å². The molecule has 1 aromatic heterocycles. The number of rotatable bonds is 6. The maximum atomic E-state index is 6.05. The van der Waals surface area contributed by atoms with Crippen molar-refractivity contribution >= 4 is 34.3 Å². The molecular formula is C28H22ClNS. The van der Waals surface area contributed by atoms with Crippen LogP contribution in [0.5, 0.6) is 0 Å². The van der Waals surface area contributed by atoms with Gasteiger partial charge in [0.1, 0.15) is 0 Å². The maximum Gasteiger partial charge on any atom is 0.0839 e. The van der Waals surface area contributed by atoms with Gasteiger partial charge in [-0.1, -0.05) is 103 Å². The van der Waals surface area contributed by atoms with Crippen molar-refractivity contribution in [2.75, 3.05) is 0 Å². The van der Waals surface area contributed by atoms with Crippen LogP contribution in [0.15, 0.2) is 120 Å². The van der Waals surface area contributed by atoms with Gasteiger partial charge in [0.15, 0.2) is 0 Å². The Hall–Kier alpha value is -2.94. The molecule has 0 bridgehead atoms. The number of halogens is 1. The van der Waals surface area contributed by atoms with Gasteiger partial charge in [0.2, 0.25) is 0 Å². The minimum atomic E-state index is 0.122. The summed E-state index contributed by atoms with van der Waals surface area (Å²) in [6, 6.07) is 38.4. The van der Waals surface area contributed by atoms with Crippen molar-refractivity contribution in [3.63, 3.8) is 0 Å². The molecule has 0 saturated heterocycles. The molecule has 4 aromatic carbocycles. The van der Waals surface area contributed by atoms with E-state index in [0.29, 0.717) is 0 Å². The molecule has 0 radical (unpaired) electrons. The van der Waals surface area contributed by atoms with Crippen LogP contribution < -0.4 is 0 Å². The lowest BCUT2D eigenvalue weighted by molar-refractivity contribution is 0.701. The standard InChI is InChI=1S/C28H22ClNS/c29-24-17-15-21(16-18-24)20-31-27-19-30(26-14-8-7-13-25(26)27)28(22-9-3-1-4-10-22)23-11-5-2-6-12-23/h1-19,28H,20H2. The molecule has 0 spiro atoms. The zero-order chi connectivity index (χ0) is 21.0. The van der Waals surface area contributed by atoms with E-state index in [1.165, 1.54) is 32.5 Å². The molecule has 0 amide bonds. The van der Waals surface area contributed by atoms with Crippen LogP contribution in [-0.2, 0) is 5.75 Å². The first-order valence-corrected chi connectivity index (χ1v) is 11.7. The van der Waals surface area contributed by atoms with Crippen LogP contribution in [0.25, 0.3) is 10.9 Å². The Bertz CT molecular complexity index is 1240. The molecule has 0 saturated carbocycles. The third-order valence-corrected chi connectivity index (χ3v) is 6.89. The molecule has 31 heavy (non-hydrogen) atoms. The van der Waals surface area contributed by atoms with Crippen LogP contribution in [0, 0.1) is 0 Å². The van der Waals surface area contributed by atoms with E-state index in [1.54, 1.807) is 0 Å². The van der Waals surface area contributed by atoms with Crippen molar-refractivity contribution in [3.05, 3.63) is 137 Å². The van der Waals surface area contributed by atoms with E-state index < -0.39 is 0 Å². The summed E-state index contributed by atoms with van der Waals surface area (Å²) < 4.78 is 2.42. The Kier molecular flexibility index (Phi) is 5.84. The third-order valence-electron chi connectivity index (χ3n) is 5.52. The quantitative estimate of drug-likeness (QED) is 0.241. The highest BCUT2D eigenvalue weighted by Crippen LogP contribution is 2.37. The van der Waals surface area contributed by atoms with E-state index in [-0.39, 0.29) is 6.04 Å². The summed E-state index contributed by atoms with van der Waals surface area (Å²) in [4.78, 5) is 1.29. The van der Waals surface area contributed by atoms with Crippen molar-refractivity contribution in [2.45, 2.75) is 16.7 Å². The van der Waals surface area contributed by atoms with E-state index in [4.69, 9.17) is 11.6 Å². The number of hydrogen-bond donors (Lipinski definition) is 0. The second-order valence-corrected chi connectivity index (χ2v) is 9.01. The molecule has 3 heteroatoms. The van der Waals surface area contributed by atoms with E-state index in [2.05, 4.69) is 108 Å².